The van der Waals surface area contributed by atoms with Crippen molar-refractivity contribution >= 4 is 19.5 Å². The van der Waals surface area contributed by atoms with Crippen LogP contribution < -0.4 is 0 Å². The SMILES string of the molecule is Cc1ccc(C=C(CO)B2OC(C)(C)C(C)(C)O2)c(C=O)c1. The molecule has 0 atom stereocenters. The van der Waals surface area contributed by atoms with Gasteiger partial charge in [0.15, 0.2) is 6.29 Å². The third-order valence-corrected chi connectivity index (χ3v) is 4.45. The molecule has 0 unspecified atom stereocenters. The molecule has 1 saturated heterocycles. The van der Waals surface area contributed by atoms with Gasteiger partial charge in [0.1, 0.15) is 0 Å². The molecule has 0 aromatic heterocycles. The minimum Gasteiger partial charge on any atom is -0.400 e. The van der Waals surface area contributed by atoms with Gasteiger partial charge in [-0.05, 0) is 51.7 Å². The van der Waals surface area contributed by atoms with E-state index in [-0.39, 0.29) is 6.61 Å². The van der Waals surface area contributed by atoms with Gasteiger partial charge in [-0.15, -0.1) is 0 Å². The summed E-state index contributed by atoms with van der Waals surface area (Å²) in [7, 11) is -0.615. The van der Waals surface area contributed by atoms with E-state index >= 15 is 0 Å². The lowest BCUT2D eigenvalue weighted by molar-refractivity contribution is 0.00578. The van der Waals surface area contributed by atoms with Crippen LogP contribution in [0.2, 0.25) is 0 Å². The standard InChI is InChI=1S/C17H23BO4/c1-12-6-7-13(14(8-12)10-19)9-15(11-20)18-21-16(2,3)17(4,5)22-18/h6-10,20H,11H2,1-5H3. The fourth-order valence-electron chi connectivity index (χ4n) is 2.31. The summed E-state index contributed by atoms with van der Waals surface area (Å²) in [6.45, 7) is 9.59. The average Bonchev–Trinajstić information content (AvgIpc) is 2.65. The number of carbonyl (C=O) groups is 1. The van der Waals surface area contributed by atoms with Gasteiger partial charge in [-0.2, -0.15) is 0 Å². The Hall–Kier alpha value is -1.43. The van der Waals surface area contributed by atoms with E-state index in [4.69, 9.17) is 9.31 Å². The number of hydrogen-bond acceptors (Lipinski definition) is 4. The lowest BCUT2D eigenvalue weighted by atomic mass is 9.77. The molecule has 1 fully saturated rings. The van der Waals surface area contributed by atoms with E-state index in [0.29, 0.717) is 11.0 Å². The summed E-state index contributed by atoms with van der Waals surface area (Å²) in [5.41, 5.74) is 2.02. The number of aliphatic hydroxyl groups is 1. The molecule has 0 spiro atoms. The molecule has 0 saturated carbocycles. The van der Waals surface area contributed by atoms with E-state index in [0.717, 1.165) is 17.4 Å². The summed E-state index contributed by atoms with van der Waals surface area (Å²) < 4.78 is 11.9. The van der Waals surface area contributed by atoms with Crippen LogP contribution in [0.5, 0.6) is 0 Å². The summed E-state index contributed by atoms with van der Waals surface area (Å²) in [6, 6.07) is 5.61. The summed E-state index contributed by atoms with van der Waals surface area (Å²) in [6.07, 6.45) is 2.59. The van der Waals surface area contributed by atoms with Crippen LogP contribution in [0.3, 0.4) is 0 Å². The first-order chi connectivity index (χ1) is 10.2. The fraction of sp³-hybridized carbons (Fsp3) is 0.471. The Labute approximate surface area is 132 Å². The second-order valence-electron chi connectivity index (χ2n) is 6.72. The predicted molar refractivity (Wildman–Crippen MR) is 87.7 cm³/mol. The summed E-state index contributed by atoms with van der Waals surface area (Å²) >= 11 is 0. The predicted octanol–water partition coefficient (Wildman–Crippen LogP) is 2.81. The minimum atomic E-state index is -0.615. The van der Waals surface area contributed by atoms with Crippen molar-refractivity contribution in [1.82, 2.24) is 0 Å². The number of aliphatic hydroxyl groups excluding tert-OH is 1. The Balaban J connectivity index is 2.36. The maximum Gasteiger partial charge on any atom is 0.492 e. The normalized spacial score (nSPS) is 20.3. The van der Waals surface area contributed by atoms with Gasteiger partial charge in [0.25, 0.3) is 0 Å². The second-order valence-corrected chi connectivity index (χ2v) is 6.72. The van der Waals surface area contributed by atoms with E-state index in [1.54, 1.807) is 6.08 Å². The van der Waals surface area contributed by atoms with Gasteiger partial charge >= 0.3 is 7.12 Å². The van der Waals surface area contributed by atoms with E-state index in [9.17, 15) is 9.90 Å². The molecule has 5 heteroatoms. The van der Waals surface area contributed by atoms with Crippen LogP contribution >= 0.6 is 0 Å². The number of carbonyl (C=O) groups excluding carboxylic acids is 1. The van der Waals surface area contributed by atoms with Crippen LogP contribution in [-0.4, -0.2) is 36.3 Å². The zero-order valence-electron chi connectivity index (χ0n) is 13.8. The maximum absolute atomic E-state index is 11.2. The van der Waals surface area contributed by atoms with Crippen molar-refractivity contribution < 1.29 is 19.2 Å². The molecular weight excluding hydrogens is 279 g/mol. The van der Waals surface area contributed by atoms with E-state index in [1.807, 2.05) is 52.8 Å². The van der Waals surface area contributed by atoms with Crippen LogP contribution in [0.15, 0.2) is 23.7 Å². The maximum atomic E-state index is 11.2. The molecule has 0 radical (unpaired) electrons. The van der Waals surface area contributed by atoms with Gasteiger partial charge in [0.05, 0.1) is 17.8 Å². The van der Waals surface area contributed by atoms with Crippen molar-refractivity contribution in [2.45, 2.75) is 45.8 Å². The number of benzene rings is 1. The molecule has 2 rings (SSSR count). The van der Waals surface area contributed by atoms with Gasteiger partial charge in [-0.25, -0.2) is 0 Å². The number of hydrogen-bond donors (Lipinski definition) is 1. The Morgan fingerprint density at radius 3 is 2.27 bits per heavy atom. The highest BCUT2D eigenvalue weighted by Crippen LogP contribution is 2.38. The fourth-order valence-corrected chi connectivity index (χ4v) is 2.31. The van der Waals surface area contributed by atoms with Gasteiger partial charge in [0, 0.05) is 5.56 Å². The summed E-state index contributed by atoms with van der Waals surface area (Å²) in [4.78, 5) is 11.2. The van der Waals surface area contributed by atoms with Crippen molar-refractivity contribution in [2.24, 2.45) is 0 Å². The van der Waals surface area contributed by atoms with Crippen LogP contribution in [0.4, 0.5) is 0 Å². The highest BCUT2D eigenvalue weighted by molar-refractivity contribution is 6.55. The first-order valence-electron chi connectivity index (χ1n) is 7.43. The molecule has 1 N–H and O–H groups in total. The van der Waals surface area contributed by atoms with E-state index < -0.39 is 18.3 Å². The number of aryl methyl sites for hydroxylation is 1. The zero-order chi connectivity index (χ0) is 16.5. The quantitative estimate of drug-likeness (QED) is 0.686. The Morgan fingerprint density at radius 1 is 1.18 bits per heavy atom. The first-order valence-corrected chi connectivity index (χ1v) is 7.43. The van der Waals surface area contributed by atoms with Crippen molar-refractivity contribution in [3.63, 3.8) is 0 Å². The molecule has 1 heterocycles. The monoisotopic (exact) mass is 302 g/mol. The molecule has 0 bridgehead atoms. The third kappa shape index (κ3) is 3.17. The second kappa shape index (κ2) is 5.99. The molecular formula is C17H23BO4. The Morgan fingerprint density at radius 2 is 1.77 bits per heavy atom. The van der Waals surface area contributed by atoms with Crippen LogP contribution in [0.1, 0.15) is 49.2 Å². The molecule has 4 nitrogen and oxygen atoms in total. The van der Waals surface area contributed by atoms with E-state index in [2.05, 4.69) is 0 Å². The number of aldehydes is 1. The molecule has 1 aliphatic rings. The highest BCUT2D eigenvalue weighted by Gasteiger charge is 2.52. The molecule has 118 valence electrons. The third-order valence-electron chi connectivity index (χ3n) is 4.45. The van der Waals surface area contributed by atoms with Gasteiger partial charge in [-0.1, -0.05) is 23.8 Å². The van der Waals surface area contributed by atoms with Gasteiger partial charge in [-0.3, -0.25) is 4.79 Å². The zero-order valence-corrected chi connectivity index (χ0v) is 13.8. The lowest BCUT2D eigenvalue weighted by Gasteiger charge is -2.32. The smallest absolute Gasteiger partial charge is 0.400 e. The Kier molecular flexibility index (Phi) is 4.61. The van der Waals surface area contributed by atoms with Gasteiger partial charge in [0.2, 0.25) is 0 Å². The average molecular weight is 302 g/mol. The van der Waals surface area contributed by atoms with Crippen LogP contribution in [0.25, 0.3) is 6.08 Å². The summed E-state index contributed by atoms with van der Waals surface area (Å²) in [5.74, 6) is 0. The molecule has 0 amide bonds. The minimum absolute atomic E-state index is 0.191. The highest BCUT2D eigenvalue weighted by atomic mass is 16.7. The van der Waals surface area contributed by atoms with Crippen molar-refractivity contribution in [3.05, 3.63) is 40.4 Å². The van der Waals surface area contributed by atoms with Crippen LogP contribution in [0, 0.1) is 6.92 Å². The molecule has 1 aromatic carbocycles. The van der Waals surface area contributed by atoms with Crippen molar-refractivity contribution in [3.8, 4) is 0 Å². The first kappa shape index (κ1) is 16.9. The number of rotatable bonds is 4. The lowest BCUT2D eigenvalue weighted by Crippen LogP contribution is -2.41. The molecule has 1 aromatic rings. The van der Waals surface area contributed by atoms with Crippen LogP contribution in [-0.2, 0) is 9.31 Å². The largest absolute Gasteiger partial charge is 0.492 e. The van der Waals surface area contributed by atoms with Gasteiger partial charge < -0.3 is 14.4 Å². The topological polar surface area (TPSA) is 55.8 Å². The molecule has 0 aliphatic carbocycles. The summed E-state index contributed by atoms with van der Waals surface area (Å²) in [5, 5.41) is 9.69. The molecule has 1 aliphatic heterocycles. The van der Waals surface area contributed by atoms with Crippen molar-refractivity contribution in [1.29, 1.82) is 0 Å². The molecule has 22 heavy (non-hydrogen) atoms. The van der Waals surface area contributed by atoms with Crippen molar-refractivity contribution in [2.75, 3.05) is 6.61 Å². The van der Waals surface area contributed by atoms with E-state index in [1.165, 1.54) is 0 Å². The Bertz CT molecular complexity index is 589.